The summed E-state index contributed by atoms with van der Waals surface area (Å²) >= 11 is 2.19. The molecule has 5 nitrogen and oxygen atoms in total. The molecule has 0 radical (unpaired) electrons. The first-order valence-electron chi connectivity index (χ1n) is 6.50. The van der Waals surface area contributed by atoms with Gasteiger partial charge in [0.25, 0.3) is 5.91 Å². The number of ether oxygens (including phenoxy) is 1. The molecule has 2 aromatic rings. The van der Waals surface area contributed by atoms with Crippen LogP contribution in [0.15, 0.2) is 48.5 Å². The van der Waals surface area contributed by atoms with Crippen LogP contribution >= 0.6 is 22.6 Å². The first kappa shape index (κ1) is 16.3. The SMILES string of the molecule is O=C(COc1ccc(I)cc1)NCc1ccc(C(=O)[O-])cc1. The van der Waals surface area contributed by atoms with E-state index in [0.717, 1.165) is 9.13 Å². The topological polar surface area (TPSA) is 78.5 Å². The number of benzene rings is 2. The molecule has 1 amide bonds. The Balaban J connectivity index is 1.77. The molecule has 0 atom stereocenters. The molecule has 0 heterocycles. The monoisotopic (exact) mass is 410 g/mol. The van der Waals surface area contributed by atoms with E-state index in [9.17, 15) is 14.7 Å². The lowest BCUT2D eigenvalue weighted by Gasteiger charge is -2.08. The fraction of sp³-hybridized carbons (Fsp3) is 0.125. The fourth-order valence-corrected chi connectivity index (χ4v) is 2.05. The molecule has 0 bridgehead atoms. The second kappa shape index (κ2) is 7.79. The predicted molar refractivity (Wildman–Crippen MR) is 87.3 cm³/mol. The molecule has 0 fully saturated rings. The Labute approximate surface area is 141 Å². The lowest BCUT2D eigenvalue weighted by atomic mass is 10.1. The molecule has 0 saturated carbocycles. The summed E-state index contributed by atoms with van der Waals surface area (Å²) in [7, 11) is 0. The maximum absolute atomic E-state index is 11.7. The van der Waals surface area contributed by atoms with Crippen molar-refractivity contribution in [3.63, 3.8) is 0 Å². The highest BCUT2D eigenvalue weighted by molar-refractivity contribution is 14.1. The summed E-state index contributed by atoms with van der Waals surface area (Å²) < 4.78 is 6.45. The van der Waals surface area contributed by atoms with Crippen molar-refractivity contribution < 1.29 is 19.4 Å². The third-order valence-electron chi connectivity index (χ3n) is 2.86. The zero-order chi connectivity index (χ0) is 15.9. The van der Waals surface area contributed by atoms with Crippen LogP contribution in [-0.4, -0.2) is 18.5 Å². The van der Waals surface area contributed by atoms with Gasteiger partial charge in [-0.15, -0.1) is 0 Å². The molecule has 2 rings (SSSR count). The summed E-state index contributed by atoms with van der Waals surface area (Å²) in [6.07, 6.45) is 0. The summed E-state index contributed by atoms with van der Waals surface area (Å²) in [5, 5.41) is 13.3. The highest BCUT2D eigenvalue weighted by Gasteiger charge is 2.03. The Kier molecular flexibility index (Phi) is 5.76. The van der Waals surface area contributed by atoms with Gasteiger partial charge < -0.3 is 20.0 Å². The number of rotatable bonds is 6. The van der Waals surface area contributed by atoms with Gasteiger partial charge in [-0.2, -0.15) is 0 Å². The van der Waals surface area contributed by atoms with Crippen molar-refractivity contribution in [2.45, 2.75) is 6.54 Å². The first-order chi connectivity index (χ1) is 10.5. The summed E-state index contributed by atoms with van der Waals surface area (Å²) in [5.74, 6) is -0.835. The third kappa shape index (κ3) is 5.03. The van der Waals surface area contributed by atoms with Gasteiger partial charge in [-0.3, -0.25) is 4.79 Å². The minimum absolute atomic E-state index is 0.0717. The lowest BCUT2D eigenvalue weighted by Crippen LogP contribution is -2.28. The van der Waals surface area contributed by atoms with E-state index in [4.69, 9.17) is 4.74 Å². The van der Waals surface area contributed by atoms with Gasteiger partial charge in [0.05, 0.1) is 5.97 Å². The van der Waals surface area contributed by atoms with Gasteiger partial charge in [0, 0.05) is 10.1 Å². The van der Waals surface area contributed by atoms with E-state index >= 15 is 0 Å². The van der Waals surface area contributed by atoms with Crippen LogP contribution in [0.3, 0.4) is 0 Å². The van der Waals surface area contributed by atoms with Crippen LogP contribution in [0.2, 0.25) is 0 Å². The number of carbonyl (C=O) groups excluding carboxylic acids is 2. The molecular formula is C16H13INO4-. The van der Waals surface area contributed by atoms with Gasteiger partial charge in [0.1, 0.15) is 5.75 Å². The van der Waals surface area contributed by atoms with Crippen molar-refractivity contribution in [3.8, 4) is 5.75 Å². The van der Waals surface area contributed by atoms with E-state index in [1.54, 1.807) is 24.3 Å². The van der Waals surface area contributed by atoms with E-state index in [1.807, 2.05) is 12.1 Å². The van der Waals surface area contributed by atoms with Crippen LogP contribution in [-0.2, 0) is 11.3 Å². The Bertz CT molecular complexity index is 653. The van der Waals surface area contributed by atoms with E-state index in [0.29, 0.717) is 12.3 Å². The lowest BCUT2D eigenvalue weighted by molar-refractivity contribution is -0.255. The maximum atomic E-state index is 11.7. The standard InChI is InChI=1S/C16H14INO4/c17-13-5-7-14(8-6-13)22-10-15(19)18-9-11-1-3-12(4-2-11)16(20)21/h1-8H,9-10H2,(H,18,19)(H,20,21)/p-1. The Hall–Kier alpha value is -2.09. The molecule has 0 saturated heterocycles. The second-order valence-electron chi connectivity index (χ2n) is 4.50. The van der Waals surface area contributed by atoms with Crippen LogP contribution in [0.1, 0.15) is 15.9 Å². The number of carboxylic acids is 1. The zero-order valence-electron chi connectivity index (χ0n) is 11.5. The molecule has 0 aliphatic carbocycles. The van der Waals surface area contributed by atoms with E-state index in [2.05, 4.69) is 27.9 Å². The smallest absolute Gasteiger partial charge is 0.258 e. The maximum Gasteiger partial charge on any atom is 0.258 e. The number of halogens is 1. The average Bonchev–Trinajstić information content (AvgIpc) is 2.52. The number of hydrogen-bond donors (Lipinski definition) is 1. The molecule has 0 aliphatic heterocycles. The van der Waals surface area contributed by atoms with Crippen molar-refractivity contribution in [1.29, 1.82) is 0 Å². The van der Waals surface area contributed by atoms with Crippen LogP contribution < -0.4 is 15.2 Å². The Morgan fingerprint density at radius 2 is 1.68 bits per heavy atom. The van der Waals surface area contributed by atoms with Crippen molar-refractivity contribution in [2.24, 2.45) is 0 Å². The van der Waals surface area contributed by atoms with Crippen LogP contribution in [0.4, 0.5) is 0 Å². The molecule has 2 aromatic carbocycles. The zero-order valence-corrected chi connectivity index (χ0v) is 13.7. The van der Waals surface area contributed by atoms with Gasteiger partial charge >= 0.3 is 0 Å². The highest BCUT2D eigenvalue weighted by Crippen LogP contribution is 2.13. The summed E-state index contributed by atoms with van der Waals surface area (Å²) in [4.78, 5) is 22.3. The van der Waals surface area contributed by atoms with Crippen LogP contribution in [0, 0.1) is 3.57 Å². The predicted octanol–water partition coefficient (Wildman–Crippen LogP) is 1.35. The normalized spacial score (nSPS) is 10.0. The molecule has 6 heteroatoms. The number of nitrogens with one attached hydrogen (secondary N) is 1. The van der Waals surface area contributed by atoms with Crippen molar-refractivity contribution in [2.75, 3.05) is 6.61 Å². The van der Waals surface area contributed by atoms with Gasteiger partial charge in [-0.05, 0) is 58.0 Å². The van der Waals surface area contributed by atoms with Crippen molar-refractivity contribution in [1.82, 2.24) is 5.32 Å². The largest absolute Gasteiger partial charge is 0.545 e. The molecule has 0 aromatic heterocycles. The molecule has 22 heavy (non-hydrogen) atoms. The minimum atomic E-state index is -1.22. The highest BCUT2D eigenvalue weighted by atomic mass is 127. The summed E-state index contributed by atoms with van der Waals surface area (Å²) in [5.41, 5.74) is 0.907. The molecule has 114 valence electrons. The van der Waals surface area contributed by atoms with Crippen molar-refractivity contribution >= 4 is 34.5 Å². The fourth-order valence-electron chi connectivity index (χ4n) is 1.69. The Morgan fingerprint density at radius 1 is 1.05 bits per heavy atom. The average molecular weight is 410 g/mol. The van der Waals surface area contributed by atoms with Gasteiger partial charge in [0.15, 0.2) is 6.61 Å². The number of carbonyl (C=O) groups is 2. The van der Waals surface area contributed by atoms with Crippen LogP contribution in [0.25, 0.3) is 0 Å². The Morgan fingerprint density at radius 3 is 2.27 bits per heavy atom. The number of carboxylic acid groups (broad SMARTS) is 1. The second-order valence-corrected chi connectivity index (χ2v) is 5.75. The first-order valence-corrected chi connectivity index (χ1v) is 7.58. The van der Waals surface area contributed by atoms with Gasteiger partial charge in [-0.25, -0.2) is 0 Å². The van der Waals surface area contributed by atoms with Gasteiger partial charge in [0.2, 0.25) is 0 Å². The van der Waals surface area contributed by atoms with E-state index < -0.39 is 5.97 Å². The van der Waals surface area contributed by atoms with E-state index in [-0.39, 0.29) is 18.1 Å². The minimum Gasteiger partial charge on any atom is -0.545 e. The van der Waals surface area contributed by atoms with Gasteiger partial charge in [-0.1, -0.05) is 24.3 Å². The molecule has 1 N–H and O–H groups in total. The summed E-state index contributed by atoms with van der Waals surface area (Å²) in [6, 6.07) is 13.5. The molecule has 0 unspecified atom stereocenters. The summed E-state index contributed by atoms with van der Waals surface area (Å²) in [6.45, 7) is 0.236. The number of aromatic carboxylic acids is 1. The number of amides is 1. The molecule has 0 aliphatic rings. The van der Waals surface area contributed by atoms with E-state index in [1.165, 1.54) is 12.1 Å². The molecular weight excluding hydrogens is 397 g/mol. The quantitative estimate of drug-likeness (QED) is 0.730. The van der Waals surface area contributed by atoms with Crippen LogP contribution in [0.5, 0.6) is 5.75 Å². The molecule has 0 spiro atoms. The number of hydrogen-bond acceptors (Lipinski definition) is 4. The van der Waals surface area contributed by atoms with Crippen molar-refractivity contribution in [3.05, 3.63) is 63.2 Å². The third-order valence-corrected chi connectivity index (χ3v) is 3.58.